The maximum absolute atomic E-state index is 13.0. The second-order valence-electron chi connectivity index (χ2n) is 6.53. The van der Waals surface area contributed by atoms with Crippen LogP contribution < -0.4 is 10.2 Å². The van der Waals surface area contributed by atoms with Crippen molar-refractivity contribution < 1.29 is 14.0 Å². The molecule has 26 heavy (non-hydrogen) atoms. The van der Waals surface area contributed by atoms with Gasteiger partial charge in [0.2, 0.25) is 11.8 Å². The smallest absolute Gasteiger partial charge is 0.229 e. The van der Waals surface area contributed by atoms with Gasteiger partial charge in [-0.25, -0.2) is 4.39 Å². The Morgan fingerprint density at radius 1 is 1.12 bits per heavy atom. The fourth-order valence-electron chi connectivity index (χ4n) is 3.44. The Hall–Kier alpha value is -2.69. The van der Waals surface area contributed by atoms with Crippen molar-refractivity contribution in [1.29, 1.82) is 0 Å². The Kier molecular flexibility index (Phi) is 5.35. The highest BCUT2D eigenvalue weighted by Crippen LogP contribution is 2.32. The normalized spacial score (nSPS) is 16.8. The van der Waals surface area contributed by atoms with E-state index >= 15 is 0 Å². The van der Waals surface area contributed by atoms with Crippen LogP contribution in [-0.4, -0.2) is 18.4 Å². The molecular weight excluding hydrogens is 331 g/mol. The van der Waals surface area contributed by atoms with Crippen molar-refractivity contribution in [3.05, 3.63) is 59.4 Å². The number of aryl methyl sites for hydroxylation is 2. The molecule has 1 saturated heterocycles. The highest BCUT2D eigenvalue weighted by Gasteiger charge is 2.36. The highest BCUT2D eigenvalue weighted by atomic mass is 19.1. The standard InChI is InChI=1S/C21H23FN2O2/c1-3-14-6-5-7-15(4-2)20(14)24-13-16(12-19(24)25)21(26)23-18-10-8-17(22)9-11-18/h5-11,16H,3-4,12-13H2,1-2H3,(H,23,26)/t16-/m0/s1. The third kappa shape index (κ3) is 3.62. The summed E-state index contributed by atoms with van der Waals surface area (Å²) < 4.78 is 13.0. The Morgan fingerprint density at radius 3 is 2.31 bits per heavy atom. The number of para-hydroxylation sites is 1. The lowest BCUT2D eigenvalue weighted by Gasteiger charge is -2.23. The van der Waals surface area contributed by atoms with Crippen LogP contribution in [0, 0.1) is 11.7 Å². The minimum absolute atomic E-state index is 0.0279. The number of anilines is 2. The number of halogens is 1. The lowest BCUT2D eigenvalue weighted by Crippen LogP contribution is -2.29. The summed E-state index contributed by atoms with van der Waals surface area (Å²) in [4.78, 5) is 26.9. The molecule has 136 valence electrons. The van der Waals surface area contributed by atoms with Gasteiger partial charge in [-0.3, -0.25) is 9.59 Å². The number of amides is 2. The van der Waals surface area contributed by atoms with Crippen LogP contribution in [0.25, 0.3) is 0 Å². The first-order chi connectivity index (χ1) is 12.5. The van der Waals surface area contributed by atoms with E-state index in [0.717, 1.165) is 29.7 Å². The predicted octanol–water partition coefficient (Wildman–Crippen LogP) is 3.94. The molecular formula is C21H23FN2O2. The first-order valence-corrected chi connectivity index (χ1v) is 9.01. The van der Waals surface area contributed by atoms with Crippen LogP contribution in [0.5, 0.6) is 0 Å². The first-order valence-electron chi connectivity index (χ1n) is 9.01. The quantitative estimate of drug-likeness (QED) is 0.884. The van der Waals surface area contributed by atoms with E-state index in [9.17, 15) is 14.0 Å². The Balaban J connectivity index is 1.79. The average molecular weight is 354 g/mol. The van der Waals surface area contributed by atoms with Gasteiger partial charge in [0.15, 0.2) is 0 Å². The monoisotopic (exact) mass is 354 g/mol. The second-order valence-corrected chi connectivity index (χ2v) is 6.53. The van der Waals surface area contributed by atoms with Crippen LogP contribution in [-0.2, 0) is 22.4 Å². The third-order valence-electron chi connectivity index (χ3n) is 4.84. The number of rotatable bonds is 5. The first kappa shape index (κ1) is 18.1. The Labute approximate surface area is 153 Å². The number of nitrogens with zero attached hydrogens (tertiary/aromatic N) is 1. The number of carbonyl (C=O) groups excluding carboxylic acids is 2. The zero-order valence-corrected chi connectivity index (χ0v) is 15.1. The molecule has 1 N–H and O–H groups in total. The largest absolute Gasteiger partial charge is 0.326 e. The van der Waals surface area contributed by atoms with Crippen LogP contribution in [0.15, 0.2) is 42.5 Å². The second kappa shape index (κ2) is 7.68. The molecule has 2 aromatic rings. The van der Waals surface area contributed by atoms with Crippen LogP contribution >= 0.6 is 0 Å². The molecule has 1 heterocycles. The molecule has 1 fully saturated rings. The zero-order chi connectivity index (χ0) is 18.7. The SMILES string of the molecule is CCc1cccc(CC)c1N1C[C@@H](C(=O)Nc2ccc(F)cc2)CC1=O. The molecule has 0 aromatic heterocycles. The van der Waals surface area contributed by atoms with Crippen LogP contribution in [0.4, 0.5) is 15.8 Å². The summed E-state index contributed by atoms with van der Waals surface area (Å²) >= 11 is 0. The van der Waals surface area contributed by atoms with Gasteiger partial charge in [0, 0.05) is 24.3 Å². The van der Waals surface area contributed by atoms with Gasteiger partial charge in [-0.05, 0) is 48.2 Å². The van der Waals surface area contributed by atoms with E-state index in [1.807, 2.05) is 18.2 Å². The molecule has 0 bridgehead atoms. The van der Waals surface area contributed by atoms with Crippen LogP contribution in [0.2, 0.25) is 0 Å². The average Bonchev–Trinajstić information content (AvgIpc) is 3.04. The van der Waals surface area contributed by atoms with Crippen LogP contribution in [0.3, 0.4) is 0 Å². The molecule has 3 rings (SSSR count). The molecule has 0 unspecified atom stereocenters. The number of benzene rings is 2. The summed E-state index contributed by atoms with van der Waals surface area (Å²) in [7, 11) is 0. The van der Waals surface area contributed by atoms with Gasteiger partial charge < -0.3 is 10.2 Å². The van der Waals surface area contributed by atoms with Gasteiger partial charge >= 0.3 is 0 Å². The van der Waals surface area contributed by atoms with Crippen molar-refractivity contribution in [1.82, 2.24) is 0 Å². The lowest BCUT2D eigenvalue weighted by atomic mass is 10.0. The molecule has 2 amide bonds. The van der Waals surface area contributed by atoms with Crippen molar-refractivity contribution in [2.75, 3.05) is 16.8 Å². The van der Waals surface area contributed by atoms with Gasteiger partial charge in [-0.1, -0.05) is 32.0 Å². The molecule has 1 atom stereocenters. The van der Waals surface area contributed by atoms with Crippen molar-refractivity contribution in [2.45, 2.75) is 33.1 Å². The van der Waals surface area contributed by atoms with Crippen molar-refractivity contribution >= 4 is 23.2 Å². The number of hydrogen-bond donors (Lipinski definition) is 1. The van der Waals surface area contributed by atoms with E-state index in [4.69, 9.17) is 0 Å². The summed E-state index contributed by atoms with van der Waals surface area (Å²) in [6, 6.07) is 11.7. The fourth-order valence-corrected chi connectivity index (χ4v) is 3.44. The van der Waals surface area contributed by atoms with Crippen molar-refractivity contribution in [3.63, 3.8) is 0 Å². The summed E-state index contributed by atoms with van der Waals surface area (Å²) in [5.41, 5.74) is 3.74. The molecule has 2 aromatic carbocycles. The van der Waals surface area contributed by atoms with E-state index in [-0.39, 0.29) is 24.1 Å². The highest BCUT2D eigenvalue weighted by molar-refractivity contribution is 6.04. The molecule has 1 aliphatic heterocycles. The Morgan fingerprint density at radius 2 is 1.73 bits per heavy atom. The predicted molar refractivity (Wildman–Crippen MR) is 101 cm³/mol. The van der Waals surface area contributed by atoms with Crippen molar-refractivity contribution in [2.24, 2.45) is 5.92 Å². The maximum Gasteiger partial charge on any atom is 0.229 e. The van der Waals surface area contributed by atoms with Gasteiger partial charge in [0.05, 0.1) is 5.92 Å². The summed E-state index contributed by atoms with van der Waals surface area (Å²) in [5, 5.41) is 2.78. The van der Waals surface area contributed by atoms with E-state index in [1.54, 1.807) is 4.90 Å². The van der Waals surface area contributed by atoms with E-state index in [1.165, 1.54) is 24.3 Å². The number of nitrogens with one attached hydrogen (secondary N) is 1. The summed E-state index contributed by atoms with van der Waals surface area (Å²) in [5.74, 6) is -1.00. The third-order valence-corrected chi connectivity index (χ3v) is 4.84. The zero-order valence-electron chi connectivity index (χ0n) is 15.1. The molecule has 0 spiro atoms. The van der Waals surface area contributed by atoms with Gasteiger partial charge in [-0.2, -0.15) is 0 Å². The molecule has 5 heteroatoms. The molecule has 4 nitrogen and oxygen atoms in total. The van der Waals surface area contributed by atoms with Gasteiger partial charge in [-0.15, -0.1) is 0 Å². The number of carbonyl (C=O) groups is 2. The minimum Gasteiger partial charge on any atom is -0.326 e. The number of hydrogen-bond acceptors (Lipinski definition) is 2. The summed E-state index contributed by atoms with van der Waals surface area (Å²) in [6.07, 6.45) is 1.85. The summed E-state index contributed by atoms with van der Waals surface area (Å²) in [6.45, 7) is 4.50. The Bertz CT molecular complexity index is 795. The molecule has 1 aliphatic rings. The molecule has 0 saturated carbocycles. The maximum atomic E-state index is 13.0. The van der Waals surface area contributed by atoms with Gasteiger partial charge in [0.1, 0.15) is 5.82 Å². The lowest BCUT2D eigenvalue weighted by molar-refractivity contribution is -0.122. The molecule has 0 aliphatic carbocycles. The van der Waals surface area contributed by atoms with E-state index in [0.29, 0.717) is 12.2 Å². The molecule has 0 radical (unpaired) electrons. The fraction of sp³-hybridized carbons (Fsp3) is 0.333. The minimum atomic E-state index is -0.415. The van der Waals surface area contributed by atoms with Crippen LogP contribution in [0.1, 0.15) is 31.4 Å². The van der Waals surface area contributed by atoms with Crippen molar-refractivity contribution in [3.8, 4) is 0 Å². The topological polar surface area (TPSA) is 49.4 Å². The van der Waals surface area contributed by atoms with E-state index < -0.39 is 5.92 Å². The van der Waals surface area contributed by atoms with Gasteiger partial charge in [0.25, 0.3) is 0 Å². The van der Waals surface area contributed by atoms with E-state index in [2.05, 4.69) is 19.2 Å².